The number of carbonyl (C=O) groups is 1. The van der Waals surface area contributed by atoms with Gasteiger partial charge in [0.05, 0.1) is 18.3 Å². The summed E-state index contributed by atoms with van der Waals surface area (Å²) >= 11 is 1.69. The van der Waals surface area contributed by atoms with Crippen molar-refractivity contribution in [3.63, 3.8) is 0 Å². The fourth-order valence-corrected chi connectivity index (χ4v) is 4.43. The lowest BCUT2D eigenvalue weighted by Crippen LogP contribution is -2.41. The third-order valence-corrected chi connectivity index (χ3v) is 5.90. The van der Waals surface area contributed by atoms with Crippen molar-refractivity contribution in [1.82, 2.24) is 25.0 Å². The molecule has 1 saturated heterocycles. The summed E-state index contributed by atoms with van der Waals surface area (Å²) in [7, 11) is 1.91. The van der Waals surface area contributed by atoms with E-state index >= 15 is 0 Å². The molecule has 2 aromatic heterocycles. The molecular weight excluding hydrogens is 322 g/mol. The van der Waals surface area contributed by atoms with Gasteiger partial charge < -0.3 is 10.2 Å². The number of nitrogens with one attached hydrogen (secondary N) is 1. The molecule has 4 rings (SSSR count). The number of aryl methyl sites for hydroxylation is 2. The normalized spacial score (nSPS) is 21.9. The highest BCUT2D eigenvalue weighted by Crippen LogP contribution is 2.42. The fraction of sp³-hybridized carbons (Fsp3) is 0.588. The van der Waals surface area contributed by atoms with Crippen LogP contribution in [0.4, 0.5) is 4.79 Å². The van der Waals surface area contributed by atoms with Gasteiger partial charge in [-0.05, 0) is 38.5 Å². The zero-order valence-corrected chi connectivity index (χ0v) is 14.9. The maximum atomic E-state index is 12.9. The molecule has 1 saturated carbocycles. The fourth-order valence-electron chi connectivity index (χ4n) is 3.51. The molecule has 0 unspecified atom stereocenters. The molecule has 0 aromatic carbocycles. The second-order valence-corrected chi connectivity index (χ2v) is 8.14. The van der Waals surface area contributed by atoms with Gasteiger partial charge in [0.25, 0.3) is 0 Å². The van der Waals surface area contributed by atoms with Gasteiger partial charge in [-0.3, -0.25) is 4.68 Å². The zero-order valence-electron chi connectivity index (χ0n) is 14.1. The minimum Gasteiger partial charge on any atom is -0.328 e. The van der Waals surface area contributed by atoms with E-state index in [1.165, 1.54) is 17.7 Å². The van der Waals surface area contributed by atoms with Gasteiger partial charge in [0.2, 0.25) is 0 Å². The van der Waals surface area contributed by atoms with E-state index in [1.54, 1.807) is 16.0 Å². The summed E-state index contributed by atoms with van der Waals surface area (Å²) in [6.07, 6.45) is 10.2. The van der Waals surface area contributed by atoms with Crippen molar-refractivity contribution < 1.29 is 4.79 Å². The molecule has 2 aromatic rings. The topological polar surface area (TPSA) is 63.1 Å². The smallest absolute Gasteiger partial charge is 0.318 e. The van der Waals surface area contributed by atoms with Crippen molar-refractivity contribution >= 4 is 17.4 Å². The first-order valence-corrected chi connectivity index (χ1v) is 9.41. The van der Waals surface area contributed by atoms with Gasteiger partial charge in [0, 0.05) is 36.4 Å². The van der Waals surface area contributed by atoms with Gasteiger partial charge in [-0.2, -0.15) is 5.10 Å². The third kappa shape index (κ3) is 3.05. The average molecular weight is 345 g/mol. The van der Waals surface area contributed by atoms with E-state index in [1.807, 2.05) is 30.5 Å². The van der Waals surface area contributed by atoms with E-state index in [9.17, 15) is 4.79 Å². The number of nitrogens with zero attached hydrogens (tertiary/aromatic N) is 4. The number of amides is 2. The van der Waals surface area contributed by atoms with E-state index in [-0.39, 0.29) is 18.1 Å². The van der Waals surface area contributed by atoms with Crippen LogP contribution in [0.15, 0.2) is 18.6 Å². The summed E-state index contributed by atoms with van der Waals surface area (Å²) in [6, 6.07) is 0.231. The molecule has 2 aliphatic rings. The second-order valence-electron chi connectivity index (χ2n) is 6.87. The first kappa shape index (κ1) is 15.6. The summed E-state index contributed by atoms with van der Waals surface area (Å²) in [5, 5.41) is 8.56. The van der Waals surface area contributed by atoms with Crippen molar-refractivity contribution in [2.75, 3.05) is 6.54 Å². The van der Waals surface area contributed by atoms with Gasteiger partial charge in [-0.25, -0.2) is 9.78 Å². The molecule has 0 spiro atoms. The molecule has 2 fully saturated rings. The third-order valence-electron chi connectivity index (χ3n) is 4.90. The predicted octanol–water partition coefficient (Wildman–Crippen LogP) is 3.18. The first-order valence-electron chi connectivity index (χ1n) is 8.60. The van der Waals surface area contributed by atoms with Crippen molar-refractivity contribution in [1.29, 1.82) is 0 Å². The minimum absolute atomic E-state index is 0.0334. The largest absolute Gasteiger partial charge is 0.328 e. The number of thiazole rings is 1. The van der Waals surface area contributed by atoms with Crippen LogP contribution in [0.3, 0.4) is 0 Å². The number of likely N-dealkylation sites (tertiary alicyclic amines) is 1. The van der Waals surface area contributed by atoms with Crippen LogP contribution in [0.5, 0.6) is 0 Å². The van der Waals surface area contributed by atoms with Crippen LogP contribution in [0.2, 0.25) is 0 Å². The van der Waals surface area contributed by atoms with E-state index < -0.39 is 0 Å². The number of urea groups is 1. The summed E-state index contributed by atoms with van der Waals surface area (Å²) in [6.45, 7) is 2.87. The first-order chi connectivity index (χ1) is 11.6. The Bertz CT molecular complexity index is 735. The van der Waals surface area contributed by atoms with Crippen LogP contribution in [0.1, 0.15) is 53.2 Å². The molecule has 1 N–H and O–H groups in total. The Morgan fingerprint density at radius 1 is 1.38 bits per heavy atom. The lowest BCUT2D eigenvalue weighted by Gasteiger charge is -2.27. The molecule has 0 bridgehead atoms. The molecule has 1 aliphatic heterocycles. The second kappa shape index (κ2) is 6.20. The van der Waals surface area contributed by atoms with Gasteiger partial charge in [-0.15, -0.1) is 11.3 Å². The highest BCUT2D eigenvalue weighted by atomic mass is 32.1. The van der Waals surface area contributed by atoms with Crippen LogP contribution in [-0.4, -0.2) is 32.2 Å². The average Bonchev–Trinajstić information content (AvgIpc) is 2.95. The van der Waals surface area contributed by atoms with Crippen molar-refractivity contribution in [3.05, 3.63) is 34.0 Å². The van der Waals surface area contributed by atoms with Crippen molar-refractivity contribution in [3.8, 4) is 0 Å². The quantitative estimate of drug-likeness (QED) is 0.926. The van der Waals surface area contributed by atoms with E-state index in [2.05, 4.69) is 22.3 Å². The minimum atomic E-state index is 0.0334. The molecule has 0 radical (unpaired) electrons. The van der Waals surface area contributed by atoms with Crippen molar-refractivity contribution in [2.24, 2.45) is 13.0 Å². The summed E-state index contributed by atoms with van der Waals surface area (Å²) in [5.41, 5.74) is 1.12. The van der Waals surface area contributed by atoms with E-state index in [0.29, 0.717) is 5.92 Å². The van der Waals surface area contributed by atoms with Gasteiger partial charge >= 0.3 is 6.03 Å². The Morgan fingerprint density at radius 2 is 2.21 bits per heavy atom. The predicted molar refractivity (Wildman–Crippen MR) is 92.7 cm³/mol. The van der Waals surface area contributed by atoms with E-state index in [4.69, 9.17) is 0 Å². The van der Waals surface area contributed by atoms with Crippen LogP contribution in [-0.2, 0) is 7.05 Å². The van der Waals surface area contributed by atoms with Crippen molar-refractivity contribution in [2.45, 2.75) is 44.7 Å². The maximum Gasteiger partial charge on any atom is 0.318 e. The van der Waals surface area contributed by atoms with Gasteiger partial charge in [0.15, 0.2) is 0 Å². The van der Waals surface area contributed by atoms with Gasteiger partial charge in [0.1, 0.15) is 5.01 Å². The monoisotopic (exact) mass is 345 g/mol. The number of aromatic nitrogens is 3. The SMILES string of the molecule is Cc1cnc([C@@H](NC(=O)N2CCC[C@@H]2c2cnn(C)c2)C2CC2)s1. The molecule has 7 heteroatoms. The molecule has 2 amide bonds. The van der Waals surface area contributed by atoms with Crippen LogP contribution < -0.4 is 5.32 Å². The number of hydrogen-bond donors (Lipinski definition) is 1. The molecule has 3 heterocycles. The molecule has 24 heavy (non-hydrogen) atoms. The van der Waals surface area contributed by atoms with Crippen LogP contribution in [0.25, 0.3) is 0 Å². The molecule has 1 aliphatic carbocycles. The molecule has 6 nitrogen and oxygen atoms in total. The Kier molecular flexibility index (Phi) is 4.04. The molecule has 128 valence electrons. The highest BCUT2D eigenvalue weighted by molar-refractivity contribution is 7.11. The standard InChI is InChI=1S/C17H23N5OS/c1-11-8-18-16(24-11)15(12-5-6-12)20-17(23)22-7-3-4-14(22)13-9-19-21(2)10-13/h8-10,12,14-15H,3-7H2,1-2H3,(H,20,23)/t14-,15+/m1/s1. The van der Waals surface area contributed by atoms with Crippen LogP contribution >= 0.6 is 11.3 Å². The number of carbonyl (C=O) groups excluding carboxylic acids is 1. The lowest BCUT2D eigenvalue weighted by molar-refractivity contribution is 0.187. The number of hydrogen-bond acceptors (Lipinski definition) is 4. The zero-order chi connectivity index (χ0) is 16.7. The maximum absolute atomic E-state index is 12.9. The highest BCUT2D eigenvalue weighted by Gasteiger charge is 2.38. The van der Waals surface area contributed by atoms with E-state index in [0.717, 1.165) is 30.0 Å². The molecular formula is C17H23N5OS. The van der Waals surface area contributed by atoms with Crippen LogP contribution in [0, 0.1) is 12.8 Å². The van der Waals surface area contributed by atoms with Gasteiger partial charge in [-0.1, -0.05) is 0 Å². The summed E-state index contributed by atoms with van der Waals surface area (Å²) < 4.78 is 1.80. The summed E-state index contributed by atoms with van der Waals surface area (Å²) in [4.78, 5) is 20.6. The molecule has 2 atom stereocenters. The summed E-state index contributed by atoms with van der Waals surface area (Å²) in [5.74, 6) is 0.541. The Hall–Kier alpha value is -1.89. The number of rotatable bonds is 4. The Balaban J connectivity index is 1.49. The lowest BCUT2D eigenvalue weighted by atomic mass is 10.1. The Morgan fingerprint density at radius 3 is 2.83 bits per heavy atom. The Labute approximate surface area is 145 Å².